The van der Waals surface area contributed by atoms with Crippen LogP contribution in [0.25, 0.3) is 11.4 Å². The lowest BCUT2D eigenvalue weighted by atomic mass is 9.73. The van der Waals surface area contributed by atoms with Gasteiger partial charge in [0.05, 0.1) is 11.5 Å². The van der Waals surface area contributed by atoms with Gasteiger partial charge in [-0.1, -0.05) is 40.2 Å². The zero-order valence-corrected chi connectivity index (χ0v) is 18.0. The van der Waals surface area contributed by atoms with E-state index in [1.807, 2.05) is 53.2 Å². The smallest absolute Gasteiger partial charge is 0.235 e. The maximum Gasteiger partial charge on any atom is 0.235 e. The highest BCUT2D eigenvalue weighted by atomic mass is 79.9. The lowest BCUT2D eigenvalue weighted by Crippen LogP contribution is -2.44. The van der Waals surface area contributed by atoms with E-state index in [-0.39, 0.29) is 5.91 Å². The van der Waals surface area contributed by atoms with Crippen molar-refractivity contribution in [3.63, 3.8) is 0 Å². The number of halogens is 1. The zero-order valence-electron chi connectivity index (χ0n) is 16.4. The van der Waals surface area contributed by atoms with E-state index >= 15 is 0 Å². The van der Waals surface area contributed by atoms with E-state index in [0.29, 0.717) is 32.1 Å². The number of benzene rings is 2. The first-order valence-corrected chi connectivity index (χ1v) is 11.0. The molecule has 0 unspecified atom stereocenters. The first-order valence-electron chi connectivity index (χ1n) is 10.2. The summed E-state index contributed by atoms with van der Waals surface area (Å²) in [6.07, 6.45) is 3.51. The second kappa shape index (κ2) is 7.92. The molecule has 7 nitrogen and oxygen atoms in total. The van der Waals surface area contributed by atoms with Crippen molar-refractivity contribution in [3.05, 3.63) is 58.6 Å². The van der Waals surface area contributed by atoms with Gasteiger partial charge in [-0.15, -0.1) is 5.10 Å². The quantitative estimate of drug-likeness (QED) is 0.609. The van der Waals surface area contributed by atoms with Gasteiger partial charge in [-0.3, -0.25) is 4.79 Å². The lowest BCUT2D eigenvalue weighted by molar-refractivity contribution is -0.125. The number of hydrogen-bond acceptors (Lipinski definition) is 5. The molecule has 2 fully saturated rings. The number of amides is 1. The zero-order chi connectivity index (χ0) is 20.6. The summed E-state index contributed by atoms with van der Waals surface area (Å²) in [5.74, 6) is 0.731. The molecule has 0 spiro atoms. The fourth-order valence-corrected chi connectivity index (χ4v) is 4.34. The van der Waals surface area contributed by atoms with E-state index < -0.39 is 5.41 Å². The molecule has 1 aliphatic heterocycles. The topological polar surface area (TPSA) is 81.9 Å². The Morgan fingerprint density at radius 2 is 1.90 bits per heavy atom. The van der Waals surface area contributed by atoms with E-state index in [1.54, 1.807) is 0 Å². The van der Waals surface area contributed by atoms with Crippen molar-refractivity contribution in [2.24, 2.45) is 0 Å². The molecule has 8 heteroatoms. The Hall–Kier alpha value is -2.58. The summed E-state index contributed by atoms with van der Waals surface area (Å²) in [7, 11) is 0. The summed E-state index contributed by atoms with van der Waals surface area (Å²) >= 11 is 3.48. The van der Waals surface area contributed by atoms with Gasteiger partial charge < -0.3 is 10.1 Å². The van der Waals surface area contributed by atoms with Crippen molar-refractivity contribution < 1.29 is 9.53 Å². The van der Waals surface area contributed by atoms with E-state index in [0.717, 1.165) is 40.0 Å². The van der Waals surface area contributed by atoms with Crippen LogP contribution < -0.4 is 5.32 Å². The Kier molecular flexibility index (Phi) is 5.12. The standard InChI is InChI=1S/C22H22BrN5O2/c23-17-6-4-16(5-7-17)22(10-12-30-13-11-22)21(29)24-18-3-1-2-15(14-18)20-25-26-27-28(20)19-8-9-19/h1-7,14,19H,8-13H2,(H,24,29). The highest BCUT2D eigenvalue weighted by molar-refractivity contribution is 9.10. The molecule has 1 aliphatic carbocycles. The molecule has 1 saturated heterocycles. The van der Waals surface area contributed by atoms with Gasteiger partial charge in [0.1, 0.15) is 0 Å². The molecular formula is C22H22BrN5O2. The van der Waals surface area contributed by atoms with Gasteiger partial charge in [0.25, 0.3) is 0 Å². The Balaban J connectivity index is 1.43. The summed E-state index contributed by atoms with van der Waals surface area (Å²) in [5, 5.41) is 15.3. The van der Waals surface area contributed by atoms with Crippen LogP contribution in [0, 0.1) is 0 Å². The average molecular weight is 468 g/mol. The van der Waals surface area contributed by atoms with Crippen LogP contribution in [-0.4, -0.2) is 39.3 Å². The lowest BCUT2D eigenvalue weighted by Gasteiger charge is -2.36. The second-order valence-electron chi connectivity index (χ2n) is 7.91. The minimum absolute atomic E-state index is 0.00735. The highest BCUT2D eigenvalue weighted by Crippen LogP contribution is 2.38. The molecule has 0 radical (unpaired) electrons. The fourth-order valence-electron chi connectivity index (χ4n) is 4.07. The van der Waals surface area contributed by atoms with Crippen molar-refractivity contribution >= 4 is 27.5 Å². The third kappa shape index (κ3) is 3.65. The van der Waals surface area contributed by atoms with Crippen LogP contribution in [0.15, 0.2) is 53.0 Å². The Bertz CT molecular complexity index is 1060. The van der Waals surface area contributed by atoms with Gasteiger partial charge in [0.2, 0.25) is 5.91 Å². The van der Waals surface area contributed by atoms with Crippen molar-refractivity contribution in [3.8, 4) is 11.4 Å². The number of nitrogens with one attached hydrogen (secondary N) is 1. The summed E-state index contributed by atoms with van der Waals surface area (Å²) in [6, 6.07) is 16.1. The number of aromatic nitrogens is 4. The molecule has 2 aromatic carbocycles. The molecule has 1 saturated carbocycles. The van der Waals surface area contributed by atoms with Gasteiger partial charge in [0.15, 0.2) is 5.82 Å². The molecule has 1 amide bonds. The van der Waals surface area contributed by atoms with E-state index in [2.05, 4.69) is 36.8 Å². The molecule has 5 rings (SSSR count). The summed E-state index contributed by atoms with van der Waals surface area (Å²) in [6.45, 7) is 1.14. The van der Waals surface area contributed by atoms with Crippen molar-refractivity contribution in [2.45, 2.75) is 37.1 Å². The number of hydrogen-bond donors (Lipinski definition) is 1. The molecule has 1 aromatic heterocycles. The predicted molar refractivity (Wildman–Crippen MR) is 116 cm³/mol. The van der Waals surface area contributed by atoms with Crippen molar-refractivity contribution in [2.75, 3.05) is 18.5 Å². The van der Waals surface area contributed by atoms with Crippen LogP contribution in [0.1, 0.15) is 37.3 Å². The number of nitrogens with zero attached hydrogens (tertiary/aromatic N) is 4. The van der Waals surface area contributed by atoms with E-state index in [1.165, 1.54) is 0 Å². The van der Waals surface area contributed by atoms with Gasteiger partial charge in [-0.2, -0.15) is 0 Å². The first kappa shape index (κ1) is 19.4. The third-order valence-electron chi connectivity index (χ3n) is 5.94. The van der Waals surface area contributed by atoms with E-state index in [4.69, 9.17) is 4.74 Å². The van der Waals surface area contributed by atoms with Crippen molar-refractivity contribution in [1.82, 2.24) is 20.2 Å². The minimum Gasteiger partial charge on any atom is -0.381 e. The van der Waals surface area contributed by atoms with Gasteiger partial charge in [-0.05, 0) is 65.9 Å². The van der Waals surface area contributed by atoms with Gasteiger partial charge in [-0.25, -0.2) is 4.68 Å². The van der Waals surface area contributed by atoms with Crippen LogP contribution in [0.2, 0.25) is 0 Å². The number of ether oxygens (including phenoxy) is 1. The monoisotopic (exact) mass is 467 g/mol. The number of carbonyl (C=O) groups is 1. The molecule has 154 valence electrons. The number of tetrazole rings is 1. The molecule has 3 aromatic rings. The Labute approximate surface area is 182 Å². The van der Waals surface area contributed by atoms with Crippen molar-refractivity contribution in [1.29, 1.82) is 0 Å². The second-order valence-corrected chi connectivity index (χ2v) is 8.83. The molecule has 2 aliphatic rings. The van der Waals surface area contributed by atoms with Gasteiger partial charge >= 0.3 is 0 Å². The SMILES string of the molecule is O=C(Nc1cccc(-c2nnnn2C2CC2)c1)C1(c2ccc(Br)cc2)CCOCC1. The molecule has 0 bridgehead atoms. The fraction of sp³-hybridized carbons (Fsp3) is 0.364. The summed E-state index contributed by atoms with van der Waals surface area (Å²) in [4.78, 5) is 13.5. The maximum absolute atomic E-state index is 13.5. The molecule has 2 heterocycles. The Morgan fingerprint density at radius 3 is 2.63 bits per heavy atom. The van der Waals surface area contributed by atoms with Crippen LogP contribution in [0.5, 0.6) is 0 Å². The number of rotatable bonds is 5. The predicted octanol–water partition coefficient (Wildman–Crippen LogP) is 4.12. The van der Waals surface area contributed by atoms with E-state index in [9.17, 15) is 4.79 Å². The Morgan fingerprint density at radius 1 is 1.13 bits per heavy atom. The highest BCUT2D eigenvalue weighted by Gasteiger charge is 2.41. The van der Waals surface area contributed by atoms with Crippen LogP contribution >= 0.6 is 15.9 Å². The minimum atomic E-state index is -0.607. The summed E-state index contributed by atoms with van der Waals surface area (Å²) < 4.78 is 8.44. The largest absolute Gasteiger partial charge is 0.381 e. The third-order valence-corrected chi connectivity index (χ3v) is 6.47. The molecule has 0 atom stereocenters. The van der Waals surface area contributed by atoms with Crippen LogP contribution in [-0.2, 0) is 14.9 Å². The van der Waals surface area contributed by atoms with Crippen LogP contribution in [0.3, 0.4) is 0 Å². The molecule has 30 heavy (non-hydrogen) atoms. The number of anilines is 1. The molecular weight excluding hydrogens is 446 g/mol. The number of carbonyl (C=O) groups excluding carboxylic acids is 1. The summed E-state index contributed by atoms with van der Waals surface area (Å²) in [5.41, 5.74) is 2.05. The normalized spacial score (nSPS) is 18.2. The van der Waals surface area contributed by atoms with Crippen LogP contribution in [0.4, 0.5) is 5.69 Å². The first-order chi connectivity index (χ1) is 14.7. The molecule has 1 N–H and O–H groups in total. The maximum atomic E-state index is 13.5. The van der Waals surface area contributed by atoms with Gasteiger partial charge in [0, 0.05) is 28.9 Å². The average Bonchev–Trinajstić information content (AvgIpc) is 3.51.